The number of aromatic hydroxyl groups is 1. The summed E-state index contributed by atoms with van der Waals surface area (Å²) in [5.41, 5.74) is 0.985. The number of benzene rings is 1. The van der Waals surface area contributed by atoms with E-state index in [9.17, 15) is 22.5 Å². The summed E-state index contributed by atoms with van der Waals surface area (Å²) in [5, 5.41) is 9.79. The van der Waals surface area contributed by atoms with E-state index in [1.807, 2.05) is 13.8 Å². The van der Waals surface area contributed by atoms with Crippen LogP contribution < -0.4 is 4.72 Å². The summed E-state index contributed by atoms with van der Waals surface area (Å²) in [7, 11) is -1.56. The molecule has 5 nitrogen and oxygen atoms in total. The molecule has 190 valence electrons. The largest absolute Gasteiger partial charge is 0.506 e. The molecule has 2 rings (SSSR count). The molecule has 0 saturated heterocycles. The lowest BCUT2D eigenvalue weighted by atomic mass is 10.2. The third-order valence-electron chi connectivity index (χ3n) is 3.62. The van der Waals surface area contributed by atoms with Crippen LogP contribution in [0, 0.1) is 6.92 Å². The van der Waals surface area contributed by atoms with E-state index in [2.05, 4.69) is 28.5 Å². The van der Waals surface area contributed by atoms with Gasteiger partial charge in [-0.3, -0.25) is 0 Å². The monoisotopic (exact) mass is 531 g/mol. The SMILES string of the molecule is CC.CCC(F)(F)F.CCCCCC.Cc1nc(Cl)ncc1S(=O)Nc1ccc(Cl)c(O)c1. The molecular weight excluding hydrogens is 498 g/mol. The average Bonchev–Trinajstić information content (AvgIpc) is 2.76. The Kier molecular flexibility index (Phi) is 19.1. The van der Waals surface area contributed by atoms with Gasteiger partial charge in [-0.25, -0.2) is 14.2 Å². The molecule has 0 spiro atoms. The fourth-order valence-electron chi connectivity index (χ4n) is 1.85. The van der Waals surface area contributed by atoms with Crippen LogP contribution >= 0.6 is 23.2 Å². The quantitative estimate of drug-likeness (QED) is 0.289. The lowest BCUT2D eigenvalue weighted by Crippen LogP contribution is -2.08. The Balaban J connectivity index is 0. The third-order valence-corrected chi connectivity index (χ3v) is 5.34. The smallest absolute Gasteiger partial charge is 0.388 e. The maximum absolute atomic E-state index is 12.1. The molecule has 0 radical (unpaired) electrons. The average molecular weight is 533 g/mol. The highest BCUT2D eigenvalue weighted by molar-refractivity contribution is 7.86. The highest BCUT2D eigenvalue weighted by Crippen LogP contribution is 2.27. The fraction of sp³-hybridized carbons (Fsp3) is 0.545. The van der Waals surface area contributed by atoms with Crippen molar-refractivity contribution in [3.05, 3.63) is 40.4 Å². The van der Waals surface area contributed by atoms with Gasteiger partial charge in [-0.2, -0.15) is 13.2 Å². The second-order valence-electron chi connectivity index (χ2n) is 6.30. The second-order valence-corrected chi connectivity index (χ2v) is 8.23. The molecule has 0 amide bonds. The first kappa shape index (κ1) is 33.6. The lowest BCUT2D eigenvalue weighted by molar-refractivity contribution is -0.130. The molecule has 1 aromatic heterocycles. The van der Waals surface area contributed by atoms with Crippen LogP contribution in [-0.4, -0.2) is 25.5 Å². The van der Waals surface area contributed by atoms with E-state index in [1.165, 1.54) is 44.0 Å². The number of aryl methyl sites for hydroxylation is 1. The summed E-state index contributed by atoms with van der Waals surface area (Å²) in [6.45, 7) is 11.2. The summed E-state index contributed by atoms with van der Waals surface area (Å²) in [6.07, 6.45) is 2.24. The number of alkyl halides is 3. The standard InChI is InChI=1S/C11H9Cl2N3O2S.C6H14.C3H5F3.C2H6/c1-6-10(5-14-11(13)15-6)19(18)16-7-2-3-8(12)9(17)4-7;1-3-5-6-4-2;1-2-3(4,5)6;1-2/h2-5,16-17H,1H3;3-6H2,1-2H3;2H2,1H3;1-2H3. The van der Waals surface area contributed by atoms with Crippen LogP contribution in [0.15, 0.2) is 29.3 Å². The summed E-state index contributed by atoms with van der Waals surface area (Å²) >= 11 is 11.3. The number of hydrogen-bond acceptors (Lipinski definition) is 4. The van der Waals surface area contributed by atoms with Gasteiger partial charge < -0.3 is 9.83 Å². The summed E-state index contributed by atoms with van der Waals surface area (Å²) in [6, 6.07) is 4.49. The van der Waals surface area contributed by atoms with Crippen molar-refractivity contribution in [2.24, 2.45) is 0 Å². The molecule has 0 aliphatic rings. The van der Waals surface area contributed by atoms with Gasteiger partial charge in [0, 0.05) is 12.5 Å². The predicted octanol–water partition coefficient (Wildman–Crippen LogP) is 8.50. The molecule has 0 aliphatic carbocycles. The van der Waals surface area contributed by atoms with Crippen molar-refractivity contribution in [2.45, 2.75) is 84.7 Å². The number of hydrogen-bond donors (Lipinski definition) is 2. The zero-order valence-corrected chi connectivity index (χ0v) is 22.2. The Bertz CT molecular complexity index is 822. The number of nitrogens with one attached hydrogen (secondary N) is 1. The Morgan fingerprint density at radius 1 is 1.09 bits per heavy atom. The van der Waals surface area contributed by atoms with Crippen LogP contribution in [0.5, 0.6) is 5.75 Å². The van der Waals surface area contributed by atoms with Gasteiger partial charge in [0.25, 0.3) is 0 Å². The minimum Gasteiger partial charge on any atom is -0.506 e. The van der Waals surface area contributed by atoms with E-state index < -0.39 is 23.6 Å². The Labute approximate surface area is 207 Å². The van der Waals surface area contributed by atoms with Gasteiger partial charge in [0.05, 0.1) is 27.5 Å². The molecule has 11 heteroatoms. The van der Waals surface area contributed by atoms with Crippen LogP contribution in [0.1, 0.15) is 72.4 Å². The van der Waals surface area contributed by atoms with Crippen LogP contribution in [-0.2, 0) is 11.0 Å². The zero-order valence-electron chi connectivity index (χ0n) is 19.9. The van der Waals surface area contributed by atoms with Gasteiger partial charge in [-0.05, 0) is 30.7 Å². The first-order valence-corrected chi connectivity index (χ1v) is 12.6. The molecule has 33 heavy (non-hydrogen) atoms. The predicted molar refractivity (Wildman–Crippen MR) is 132 cm³/mol. The molecule has 0 aliphatic heterocycles. The summed E-state index contributed by atoms with van der Waals surface area (Å²) in [4.78, 5) is 8.12. The number of rotatable bonds is 6. The molecule has 2 N–H and O–H groups in total. The Morgan fingerprint density at radius 3 is 2.00 bits per heavy atom. The minimum absolute atomic E-state index is 0.0901. The molecule has 0 bridgehead atoms. The number of phenols is 1. The van der Waals surface area contributed by atoms with E-state index in [1.54, 1.807) is 13.0 Å². The van der Waals surface area contributed by atoms with Crippen LogP contribution in [0.2, 0.25) is 10.3 Å². The molecular formula is C22H34Cl2F3N3O2S. The van der Waals surface area contributed by atoms with Crippen molar-refractivity contribution in [3.8, 4) is 5.75 Å². The second kappa shape index (κ2) is 18.8. The number of halogens is 5. The summed E-state index contributed by atoms with van der Waals surface area (Å²) < 4.78 is 47.2. The maximum Gasteiger partial charge on any atom is 0.388 e. The lowest BCUT2D eigenvalue weighted by Gasteiger charge is -2.08. The van der Waals surface area contributed by atoms with Gasteiger partial charge in [0.2, 0.25) is 5.28 Å². The molecule has 1 heterocycles. The molecule has 0 fully saturated rings. The van der Waals surface area contributed by atoms with Gasteiger partial charge >= 0.3 is 6.18 Å². The van der Waals surface area contributed by atoms with E-state index >= 15 is 0 Å². The van der Waals surface area contributed by atoms with Crippen molar-refractivity contribution >= 4 is 39.9 Å². The maximum atomic E-state index is 12.1. The van der Waals surface area contributed by atoms with Gasteiger partial charge in [0.1, 0.15) is 5.75 Å². The van der Waals surface area contributed by atoms with E-state index in [0.29, 0.717) is 16.3 Å². The minimum atomic E-state index is -3.96. The summed E-state index contributed by atoms with van der Waals surface area (Å²) in [5.74, 6) is -0.0901. The van der Waals surface area contributed by atoms with Crippen molar-refractivity contribution in [1.82, 2.24) is 9.97 Å². The first-order valence-electron chi connectivity index (χ1n) is 10.7. The van der Waals surface area contributed by atoms with Crippen molar-refractivity contribution < 1.29 is 22.5 Å². The first-order chi connectivity index (χ1) is 15.4. The van der Waals surface area contributed by atoms with Crippen LogP contribution in [0.25, 0.3) is 0 Å². The number of phenolic OH excluding ortho intramolecular Hbond substituents is 1. The van der Waals surface area contributed by atoms with Crippen LogP contribution in [0.3, 0.4) is 0 Å². The topological polar surface area (TPSA) is 75.1 Å². The molecule has 0 saturated carbocycles. The number of nitrogens with zero attached hydrogens (tertiary/aromatic N) is 2. The van der Waals surface area contributed by atoms with Crippen molar-refractivity contribution in [2.75, 3.05) is 4.72 Å². The highest BCUT2D eigenvalue weighted by Gasteiger charge is 2.22. The Morgan fingerprint density at radius 2 is 1.61 bits per heavy atom. The number of anilines is 1. The molecule has 2 aromatic rings. The normalized spacial score (nSPS) is 11.0. The van der Waals surface area contributed by atoms with Crippen LogP contribution in [0.4, 0.5) is 18.9 Å². The van der Waals surface area contributed by atoms with Gasteiger partial charge in [0.15, 0.2) is 11.0 Å². The number of aromatic nitrogens is 2. The van der Waals surface area contributed by atoms with Crippen molar-refractivity contribution in [3.63, 3.8) is 0 Å². The van der Waals surface area contributed by atoms with Gasteiger partial charge in [-0.1, -0.05) is 71.9 Å². The van der Waals surface area contributed by atoms with Crippen molar-refractivity contribution in [1.29, 1.82) is 0 Å². The molecule has 1 unspecified atom stereocenters. The Hall–Kier alpha value is -1.58. The van der Waals surface area contributed by atoms with Gasteiger partial charge in [-0.15, -0.1) is 0 Å². The number of unbranched alkanes of at least 4 members (excludes halogenated alkanes) is 3. The third kappa shape index (κ3) is 16.6. The van der Waals surface area contributed by atoms with E-state index in [0.717, 1.165) is 6.92 Å². The fourth-order valence-corrected chi connectivity index (χ4v) is 3.05. The molecule has 1 atom stereocenters. The van der Waals surface area contributed by atoms with E-state index in [4.69, 9.17) is 23.2 Å². The zero-order chi connectivity index (χ0) is 26.0. The van der Waals surface area contributed by atoms with E-state index in [-0.39, 0.29) is 16.1 Å². The molecule has 1 aromatic carbocycles. The highest BCUT2D eigenvalue weighted by atomic mass is 35.5.